The fourth-order valence-electron chi connectivity index (χ4n) is 9.45. The van der Waals surface area contributed by atoms with E-state index in [1.807, 2.05) is 36.4 Å². The summed E-state index contributed by atoms with van der Waals surface area (Å²) in [7, 11) is 0. The summed E-state index contributed by atoms with van der Waals surface area (Å²) in [6.45, 7) is 0. The molecule has 0 spiro atoms. The van der Waals surface area contributed by atoms with Crippen molar-refractivity contribution < 1.29 is 4.42 Å². The Morgan fingerprint density at radius 1 is 0.323 bits per heavy atom. The minimum absolute atomic E-state index is 0.595. The fraction of sp³-hybridized carbons (Fsp3) is 0. The van der Waals surface area contributed by atoms with E-state index in [1.165, 1.54) is 32.3 Å². The molecule has 13 rings (SSSR count). The van der Waals surface area contributed by atoms with Gasteiger partial charge in [-0.3, -0.25) is 0 Å². The lowest BCUT2D eigenvalue weighted by Crippen LogP contribution is -2.00. The van der Waals surface area contributed by atoms with Crippen LogP contribution in [0.4, 0.5) is 0 Å². The van der Waals surface area contributed by atoms with E-state index in [9.17, 15) is 0 Å². The van der Waals surface area contributed by atoms with Gasteiger partial charge in [0.25, 0.3) is 0 Å². The number of hydrogen-bond donors (Lipinski definition) is 0. The number of fused-ring (bicyclic) bond motifs is 11. The quantitative estimate of drug-likeness (QED) is 0.174. The summed E-state index contributed by atoms with van der Waals surface area (Å²) in [6.07, 6.45) is 0. The van der Waals surface area contributed by atoms with Gasteiger partial charge in [0.05, 0.1) is 16.7 Å². The van der Waals surface area contributed by atoms with Crippen LogP contribution in [-0.4, -0.2) is 19.5 Å². The van der Waals surface area contributed by atoms with Gasteiger partial charge in [0.2, 0.25) is 0 Å². The van der Waals surface area contributed by atoms with Crippen molar-refractivity contribution in [2.45, 2.75) is 0 Å². The minimum Gasteiger partial charge on any atom is -0.455 e. The van der Waals surface area contributed by atoms with Crippen LogP contribution < -0.4 is 0 Å². The molecular formula is C57H34N4O. The molecule has 0 atom stereocenters. The van der Waals surface area contributed by atoms with Crippen molar-refractivity contribution in [2.75, 3.05) is 0 Å². The van der Waals surface area contributed by atoms with Gasteiger partial charge in [0.1, 0.15) is 11.2 Å². The number of aromatic nitrogens is 4. The normalized spacial score (nSPS) is 11.9. The van der Waals surface area contributed by atoms with E-state index < -0.39 is 0 Å². The van der Waals surface area contributed by atoms with Crippen molar-refractivity contribution in [1.29, 1.82) is 0 Å². The molecule has 0 fully saturated rings. The first kappa shape index (κ1) is 34.5. The molecule has 0 saturated heterocycles. The van der Waals surface area contributed by atoms with E-state index in [0.29, 0.717) is 17.5 Å². The van der Waals surface area contributed by atoms with E-state index in [-0.39, 0.29) is 0 Å². The first-order chi connectivity index (χ1) is 30.7. The molecule has 0 amide bonds. The SMILES string of the molecule is c1ccc(-c2cccc(-c3nc(-c4ccccc4)nc(-c4ccc5oc6c7ccccc7c(-n7c8cc9ccccc9cc8c8c9ccccc9ccc87)cc6c5c4)n3)c2)cc1. The summed E-state index contributed by atoms with van der Waals surface area (Å²) in [5.41, 5.74) is 10.0. The van der Waals surface area contributed by atoms with Crippen molar-refractivity contribution in [3.8, 4) is 51.0 Å². The molecule has 0 N–H and O–H groups in total. The van der Waals surface area contributed by atoms with Crippen LogP contribution in [-0.2, 0) is 0 Å². The lowest BCUT2D eigenvalue weighted by molar-refractivity contribution is 0.672. The smallest absolute Gasteiger partial charge is 0.164 e. The zero-order chi connectivity index (χ0) is 40.7. The largest absolute Gasteiger partial charge is 0.455 e. The summed E-state index contributed by atoms with van der Waals surface area (Å²) in [5, 5.41) is 11.6. The summed E-state index contributed by atoms with van der Waals surface area (Å²) < 4.78 is 9.26. The topological polar surface area (TPSA) is 56.7 Å². The van der Waals surface area contributed by atoms with E-state index in [4.69, 9.17) is 19.4 Å². The molecule has 5 nitrogen and oxygen atoms in total. The second-order valence-electron chi connectivity index (χ2n) is 16.0. The highest BCUT2D eigenvalue weighted by Crippen LogP contribution is 2.44. The summed E-state index contributed by atoms with van der Waals surface area (Å²) >= 11 is 0. The standard InChI is InChI=1S/C57H34N4O/c1-3-14-35(15-4-1)38-21-13-22-41(30-38)56-58-55(37-17-5-2-6-18-37)59-57(60-56)42-27-29-52-46(32-42)47-34-51(44-24-11-12-25-45(44)54(47)62-52)61-49-28-26-36-16-9-10-23-43(36)53(49)48-31-39-19-7-8-20-40(39)33-50(48)61/h1-34H. The van der Waals surface area contributed by atoms with Gasteiger partial charge in [0.15, 0.2) is 17.5 Å². The van der Waals surface area contributed by atoms with Gasteiger partial charge in [-0.15, -0.1) is 0 Å². The average Bonchev–Trinajstić information content (AvgIpc) is 3.88. The van der Waals surface area contributed by atoms with Crippen LogP contribution in [0.2, 0.25) is 0 Å². The summed E-state index contributed by atoms with van der Waals surface area (Å²) in [4.78, 5) is 15.3. The van der Waals surface area contributed by atoms with Crippen LogP contribution in [0.25, 0.3) is 127 Å². The molecule has 62 heavy (non-hydrogen) atoms. The van der Waals surface area contributed by atoms with Crippen molar-refractivity contribution in [3.05, 3.63) is 206 Å². The lowest BCUT2D eigenvalue weighted by Gasteiger charge is -2.13. The zero-order valence-corrected chi connectivity index (χ0v) is 33.3. The van der Waals surface area contributed by atoms with Gasteiger partial charge in [-0.05, 0) is 81.2 Å². The Hall–Kier alpha value is -8.41. The minimum atomic E-state index is 0.595. The molecule has 3 aromatic heterocycles. The van der Waals surface area contributed by atoms with Crippen LogP contribution >= 0.6 is 0 Å². The predicted octanol–water partition coefficient (Wildman–Crippen LogP) is 15.0. The number of rotatable bonds is 5. The van der Waals surface area contributed by atoms with Crippen molar-refractivity contribution >= 4 is 76.1 Å². The highest BCUT2D eigenvalue weighted by molar-refractivity contribution is 6.25. The van der Waals surface area contributed by atoms with E-state index >= 15 is 0 Å². The Labute approximate surface area is 355 Å². The molecule has 288 valence electrons. The molecule has 0 aliphatic carbocycles. The zero-order valence-electron chi connectivity index (χ0n) is 33.3. The van der Waals surface area contributed by atoms with Crippen molar-refractivity contribution in [3.63, 3.8) is 0 Å². The molecule has 0 bridgehead atoms. The fourth-order valence-corrected chi connectivity index (χ4v) is 9.45. The number of hydrogen-bond acceptors (Lipinski definition) is 4. The van der Waals surface area contributed by atoms with E-state index in [0.717, 1.165) is 77.2 Å². The maximum atomic E-state index is 6.80. The van der Waals surface area contributed by atoms with E-state index in [1.54, 1.807) is 0 Å². The Bertz CT molecular complexity index is 3920. The van der Waals surface area contributed by atoms with Crippen molar-refractivity contribution in [2.24, 2.45) is 0 Å². The predicted molar refractivity (Wildman–Crippen MR) is 256 cm³/mol. The van der Waals surface area contributed by atoms with E-state index in [2.05, 4.69) is 174 Å². The molecule has 0 saturated carbocycles. The maximum Gasteiger partial charge on any atom is 0.164 e. The van der Waals surface area contributed by atoms with Gasteiger partial charge in [-0.2, -0.15) is 0 Å². The number of nitrogens with zero attached hydrogens (tertiary/aromatic N) is 4. The first-order valence-corrected chi connectivity index (χ1v) is 20.9. The molecule has 0 aliphatic rings. The van der Waals surface area contributed by atoms with Gasteiger partial charge >= 0.3 is 0 Å². The number of furan rings is 1. The van der Waals surface area contributed by atoms with Gasteiger partial charge in [-0.1, -0.05) is 158 Å². The Kier molecular flexibility index (Phi) is 7.54. The van der Waals surface area contributed by atoms with Crippen LogP contribution in [0.15, 0.2) is 211 Å². The lowest BCUT2D eigenvalue weighted by atomic mass is 10.0. The Morgan fingerprint density at radius 2 is 0.919 bits per heavy atom. The molecule has 5 heteroatoms. The van der Waals surface area contributed by atoms with Gasteiger partial charge in [-0.25, -0.2) is 15.0 Å². The average molecular weight is 791 g/mol. The Balaban J connectivity index is 1.06. The molecule has 0 aliphatic heterocycles. The second-order valence-corrected chi connectivity index (χ2v) is 16.0. The summed E-state index contributed by atoms with van der Waals surface area (Å²) in [5.74, 6) is 1.83. The highest BCUT2D eigenvalue weighted by atomic mass is 16.3. The molecule has 0 radical (unpaired) electrons. The first-order valence-electron chi connectivity index (χ1n) is 20.9. The Morgan fingerprint density at radius 3 is 1.69 bits per heavy atom. The maximum absolute atomic E-state index is 6.80. The third-order valence-corrected chi connectivity index (χ3v) is 12.4. The highest BCUT2D eigenvalue weighted by Gasteiger charge is 2.22. The van der Waals surface area contributed by atoms with Crippen LogP contribution in [0.1, 0.15) is 0 Å². The molecule has 0 unspecified atom stereocenters. The third kappa shape index (κ3) is 5.38. The summed E-state index contributed by atoms with van der Waals surface area (Å²) in [6, 6.07) is 72.8. The molecule has 3 heterocycles. The van der Waals surface area contributed by atoms with Crippen LogP contribution in [0.3, 0.4) is 0 Å². The van der Waals surface area contributed by atoms with Gasteiger partial charge in [0, 0.05) is 49.0 Å². The molecule has 13 aromatic rings. The molecular weight excluding hydrogens is 757 g/mol. The number of benzene rings is 10. The van der Waals surface area contributed by atoms with Gasteiger partial charge < -0.3 is 8.98 Å². The molecule has 10 aromatic carbocycles. The third-order valence-electron chi connectivity index (χ3n) is 12.4. The van der Waals surface area contributed by atoms with Crippen molar-refractivity contribution in [1.82, 2.24) is 19.5 Å². The monoisotopic (exact) mass is 790 g/mol. The van der Waals surface area contributed by atoms with Crippen LogP contribution in [0.5, 0.6) is 0 Å². The second kappa shape index (κ2) is 13.6. The van der Waals surface area contributed by atoms with Crippen LogP contribution in [0, 0.1) is 0 Å².